The van der Waals surface area contributed by atoms with E-state index in [2.05, 4.69) is 0 Å². The maximum Gasteiger partial charge on any atom is 0.410 e. The fraction of sp³-hybridized carbons (Fsp3) is 0.750. The highest BCUT2D eigenvalue weighted by Gasteiger charge is 2.44. The number of amides is 1. The number of carboxylic acids is 1. The normalized spacial score (nSPS) is 31.8. The van der Waals surface area contributed by atoms with E-state index in [1.807, 2.05) is 23.6 Å². The van der Waals surface area contributed by atoms with E-state index in [-0.39, 0.29) is 48.9 Å². The number of hydrogen-bond donors (Lipinski definition) is 2. The third kappa shape index (κ3) is 5.08. The highest BCUT2D eigenvalue weighted by Crippen LogP contribution is 2.46. The average molecular weight is 536 g/mol. The molecule has 4 aliphatic rings. The zero-order valence-electron chi connectivity index (χ0n) is 22.2. The number of alkyl halides is 2. The largest absolute Gasteiger partial charge is 0.481 e. The van der Waals surface area contributed by atoms with Crippen LogP contribution in [0.4, 0.5) is 13.6 Å². The maximum atomic E-state index is 13.7. The number of ether oxygens (including phenoxy) is 1. The van der Waals surface area contributed by atoms with Crippen LogP contribution in [-0.4, -0.2) is 61.8 Å². The Labute approximate surface area is 222 Å². The fourth-order valence-electron chi connectivity index (χ4n) is 7.26. The Bertz CT molecular complexity index is 1080. The van der Waals surface area contributed by atoms with Gasteiger partial charge in [0.15, 0.2) is 0 Å². The van der Waals surface area contributed by atoms with Gasteiger partial charge in [0, 0.05) is 30.8 Å². The standard InChI is InChI=1S/C28H39F2N3O5/c1-16-6-7-20-21(32(16)27(37)38-2)8-9-22-24(20)31-25(23(34)14-17-10-12-28(29,30)13-11-17)33(22)19-5-3-4-18(15-19)26(35)36/h8-9,16-21,23,34H,3-7,10-15H2,1-2H3,(H,35,36). The van der Waals surface area contributed by atoms with Crippen molar-refractivity contribution < 1.29 is 33.3 Å². The third-order valence-electron chi connectivity index (χ3n) is 9.35. The summed E-state index contributed by atoms with van der Waals surface area (Å²) in [5, 5.41) is 21.2. The lowest BCUT2D eigenvalue weighted by atomic mass is 9.80. The minimum Gasteiger partial charge on any atom is -0.481 e. The lowest BCUT2D eigenvalue weighted by Gasteiger charge is -2.44. The monoisotopic (exact) mass is 535 g/mol. The SMILES string of the molecule is COC(=O)N1C(C)CCC2c3nc(C(O)CC4CCC(F)(F)CC4)n(C4CCCC(C(=O)O)C4)c3C=CC21. The van der Waals surface area contributed by atoms with Crippen LogP contribution in [0.3, 0.4) is 0 Å². The van der Waals surface area contributed by atoms with Crippen molar-refractivity contribution in [3.63, 3.8) is 0 Å². The van der Waals surface area contributed by atoms with E-state index in [1.54, 1.807) is 4.90 Å². The molecular weight excluding hydrogens is 496 g/mol. The summed E-state index contributed by atoms with van der Waals surface area (Å²) in [5.74, 6) is -3.47. The molecule has 0 radical (unpaired) electrons. The van der Waals surface area contributed by atoms with Crippen LogP contribution in [0, 0.1) is 11.8 Å². The van der Waals surface area contributed by atoms with Crippen LogP contribution in [-0.2, 0) is 9.53 Å². The third-order valence-corrected chi connectivity index (χ3v) is 9.35. The molecule has 2 saturated carbocycles. The Kier molecular flexibility index (Phi) is 7.55. The van der Waals surface area contributed by atoms with Crippen LogP contribution >= 0.6 is 0 Å². The number of hydrogen-bond acceptors (Lipinski definition) is 5. The predicted octanol–water partition coefficient (Wildman–Crippen LogP) is 5.68. The van der Waals surface area contributed by atoms with Crippen molar-refractivity contribution in [2.24, 2.45) is 11.8 Å². The number of aliphatic hydroxyl groups is 1. The van der Waals surface area contributed by atoms with Crippen molar-refractivity contribution >= 4 is 18.1 Å². The molecule has 8 nitrogen and oxygen atoms in total. The number of fused-ring (bicyclic) bond motifs is 3. The van der Waals surface area contributed by atoms with Crippen molar-refractivity contribution in [2.75, 3.05) is 7.11 Å². The molecule has 1 aliphatic heterocycles. The molecule has 1 aromatic rings. The number of imidazole rings is 1. The van der Waals surface area contributed by atoms with E-state index >= 15 is 0 Å². The molecule has 6 atom stereocenters. The summed E-state index contributed by atoms with van der Waals surface area (Å²) in [7, 11) is 1.38. The maximum absolute atomic E-state index is 13.7. The van der Waals surface area contributed by atoms with Crippen molar-refractivity contribution in [2.45, 2.75) is 114 Å². The Morgan fingerprint density at radius 2 is 1.92 bits per heavy atom. The van der Waals surface area contributed by atoms with Crippen LogP contribution in [0.5, 0.6) is 0 Å². The molecule has 1 aromatic heterocycles. The summed E-state index contributed by atoms with van der Waals surface area (Å²) in [5.41, 5.74) is 1.69. The Hall–Kier alpha value is -2.49. The highest BCUT2D eigenvalue weighted by molar-refractivity contribution is 5.71. The van der Waals surface area contributed by atoms with Gasteiger partial charge in [-0.2, -0.15) is 0 Å². The minimum absolute atomic E-state index is 0.0149. The van der Waals surface area contributed by atoms with Gasteiger partial charge >= 0.3 is 12.1 Å². The number of piperidine rings is 1. The first-order valence-electron chi connectivity index (χ1n) is 14.0. The Morgan fingerprint density at radius 3 is 2.61 bits per heavy atom. The summed E-state index contributed by atoms with van der Waals surface area (Å²) in [6.07, 6.45) is 7.66. The summed E-state index contributed by atoms with van der Waals surface area (Å²) in [4.78, 5) is 31.2. The zero-order valence-corrected chi connectivity index (χ0v) is 22.2. The number of carbonyl (C=O) groups is 2. The van der Waals surface area contributed by atoms with E-state index in [1.165, 1.54) is 7.11 Å². The van der Waals surface area contributed by atoms with Gasteiger partial charge in [-0.15, -0.1) is 0 Å². The molecule has 1 amide bonds. The van der Waals surface area contributed by atoms with E-state index in [4.69, 9.17) is 9.72 Å². The van der Waals surface area contributed by atoms with Crippen LogP contribution in [0.1, 0.15) is 113 Å². The average Bonchev–Trinajstić information content (AvgIpc) is 3.29. The van der Waals surface area contributed by atoms with Crippen LogP contribution < -0.4 is 0 Å². The number of carboxylic acid groups (broad SMARTS) is 1. The van der Waals surface area contributed by atoms with Gasteiger partial charge in [0.25, 0.3) is 0 Å². The van der Waals surface area contributed by atoms with Gasteiger partial charge in [0.05, 0.1) is 30.5 Å². The molecule has 6 unspecified atom stereocenters. The van der Waals surface area contributed by atoms with Gasteiger partial charge < -0.3 is 19.5 Å². The number of carbonyl (C=O) groups excluding carboxylic acids is 1. The minimum atomic E-state index is -2.63. The first kappa shape index (κ1) is 27.1. The lowest BCUT2D eigenvalue weighted by molar-refractivity contribution is -0.143. The Morgan fingerprint density at radius 1 is 1.18 bits per heavy atom. The molecule has 3 fully saturated rings. The van der Waals surface area contributed by atoms with Gasteiger partial charge in [-0.05, 0) is 70.3 Å². The number of aliphatic carboxylic acids is 1. The molecule has 5 rings (SSSR count). The number of methoxy groups -OCH3 is 1. The topological polar surface area (TPSA) is 105 Å². The molecular formula is C28H39F2N3O5. The molecule has 0 bridgehead atoms. The molecule has 0 aromatic carbocycles. The summed E-state index contributed by atoms with van der Waals surface area (Å²) in [6.45, 7) is 2.01. The number of rotatable bonds is 5. The molecule has 2 N–H and O–H groups in total. The molecule has 1 saturated heterocycles. The molecule has 38 heavy (non-hydrogen) atoms. The number of aliphatic hydroxyl groups excluding tert-OH is 1. The van der Waals surface area contributed by atoms with E-state index in [0.29, 0.717) is 37.9 Å². The molecule has 210 valence electrons. The van der Waals surface area contributed by atoms with Crippen molar-refractivity contribution in [1.29, 1.82) is 0 Å². The van der Waals surface area contributed by atoms with Crippen molar-refractivity contribution in [3.8, 4) is 0 Å². The number of aromatic nitrogens is 2. The summed E-state index contributed by atoms with van der Waals surface area (Å²) >= 11 is 0. The van der Waals surface area contributed by atoms with Gasteiger partial charge in [0.2, 0.25) is 5.92 Å². The Balaban J connectivity index is 1.49. The van der Waals surface area contributed by atoms with Crippen LogP contribution in [0.15, 0.2) is 6.08 Å². The van der Waals surface area contributed by atoms with Gasteiger partial charge in [-0.3, -0.25) is 9.69 Å². The molecule has 3 aliphatic carbocycles. The first-order chi connectivity index (χ1) is 18.1. The first-order valence-corrected chi connectivity index (χ1v) is 14.0. The molecule has 10 heteroatoms. The van der Waals surface area contributed by atoms with Crippen LogP contribution in [0.25, 0.3) is 6.08 Å². The summed E-state index contributed by atoms with van der Waals surface area (Å²) < 4.78 is 34.6. The smallest absolute Gasteiger partial charge is 0.410 e. The van der Waals surface area contributed by atoms with E-state index in [0.717, 1.165) is 37.1 Å². The molecule has 0 spiro atoms. The van der Waals surface area contributed by atoms with Crippen molar-refractivity contribution in [3.05, 3.63) is 23.3 Å². The van der Waals surface area contributed by atoms with Crippen molar-refractivity contribution in [1.82, 2.24) is 14.5 Å². The predicted molar refractivity (Wildman–Crippen MR) is 136 cm³/mol. The van der Waals surface area contributed by atoms with Crippen LogP contribution in [0.2, 0.25) is 0 Å². The second-order valence-electron chi connectivity index (χ2n) is 11.8. The van der Waals surface area contributed by atoms with Gasteiger partial charge in [-0.25, -0.2) is 18.6 Å². The molecule has 2 heterocycles. The fourth-order valence-corrected chi connectivity index (χ4v) is 7.26. The summed E-state index contributed by atoms with van der Waals surface area (Å²) in [6, 6.07) is -0.325. The number of halogens is 2. The van der Waals surface area contributed by atoms with E-state index in [9.17, 15) is 28.6 Å². The second kappa shape index (κ2) is 10.6. The number of likely N-dealkylation sites (tertiary alicyclic amines) is 1. The zero-order chi connectivity index (χ0) is 27.2. The lowest BCUT2D eigenvalue weighted by Crippen LogP contribution is -2.52. The quantitative estimate of drug-likeness (QED) is 0.503. The number of nitrogens with zero attached hydrogens (tertiary/aromatic N) is 3. The van der Waals surface area contributed by atoms with Gasteiger partial charge in [0.1, 0.15) is 11.9 Å². The van der Waals surface area contributed by atoms with Gasteiger partial charge in [-0.1, -0.05) is 12.5 Å². The highest BCUT2D eigenvalue weighted by atomic mass is 19.3. The van der Waals surface area contributed by atoms with E-state index < -0.39 is 23.9 Å². The second-order valence-corrected chi connectivity index (χ2v) is 11.8.